The van der Waals surface area contributed by atoms with E-state index in [-0.39, 0.29) is 12.0 Å². The molecule has 16 heavy (non-hydrogen) atoms. The van der Waals surface area contributed by atoms with Crippen molar-refractivity contribution < 1.29 is 9.53 Å². The minimum Gasteiger partial charge on any atom is -0.368 e. The van der Waals surface area contributed by atoms with Crippen LogP contribution >= 0.6 is 11.6 Å². The zero-order chi connectivity index (χ0) is 11.5. The van der Waals surface area contributed by atoms with Crippen molar-refractivity contribution in [2.75, 3.05) is 11.9 Å². The highest BCUT2D eigenvalue weighted by molar-refractivity contribution is 6.29. The molecule has 1 amide bonds. The maximum Gasteiger partial charge on any atom is 0.253 e. The Kier molecular flexibility index (Phi) is 3.41. The van der Waals surface area contributed by atoms with Crippen molar-refractivity contribution in [2.24, 2.45) is 0 Å². The van der Waals surface area contributed by atoms with Crippen LogP contribution in [-0.2, 0) is 9.53 Å². The molecule has 1 aliphatic heterocycles. The Morgan fingerprint density at radius 1 is 1.62 bits per heavy atom. The third kappa shape index (κ3) is 2.51. The SMILES string of the molecule is Cc1nc(Cl)ccc1NC(=O)C1CCCO1. The lowest BCUT2D eigenvalue weighted by atomic mass is 10.2. The highest BCUT2D eigenvalue weighted by Crippen LogP contribution is 2.18. The molecule has 1 aromatic rings. The van der Waals surface area contributed by atoms with E-state index in [2.05, 4.69) is 10.3 Å². The summed E-state index contributed by atoms with van der Waals surface area (Å²) in [5.41, 5.74) is 1.39. The molecule has 1 aromatic heterocycles. The van der Waals surface area contributed by atoms with Crippen LogP contribution in [0.4, 0.5) is 5.69 Å². The van der Waals surface area contributed by atoms with E-state index in [9.17, 15) is 4.79 Å². The van der Waals surface area contributed by atoms with Crippen LogP contribution in [0.3, 0.4) is 0 Å². The van der Waals surface area contributed by atoms with E-state index in [1.807, 2.05) is 0 Å². The molecule has 0 spiro atoms. The van der Waals surface area contributed by atoms with Gasteiger partial charge in [-0.1, -0.05) is 11.6 Å². The van der Waals surface area contributed by atoms with Crippen molar-refractivity contribution in [2.45, 2.75) is 25.9 Å². The van der Waals surface area contributed by atoms with Crippen LogP contribution in [0.1, 0.15) is 18.5 Å². The van der Waals surface area contributed by atoms with Crippen LogP contribution in [0.5, 0.6) is 0 Å². The van der Waals surface area contributed by atoms with E-state index < -0.39 is 0 Å². The van der Waals surface area contributed by atoms with Crippen molar-refractivity contribution in [3.63, 3.8) is 0 Å². The maximum absolute atomic E-state index is 11.8. The monoisotopic (exact) mass is 240 g/mol. The molecule has 1 aliphatic rings. The third-order valence-corrected chi connectivity index (χ3v) is 2.74. The van der Waals surface area contributed by atoms with Gasteiger partial charge in [-0.3, -0.25) is 4.79 Å². The number of nitrogens with zero attached hydrogens (tertiary/aromatic N) is 1. The lowest BCUT2D eigenvalue weighted by molar-refractivity contribution is -0.124. The van der Waals surface area contributed by atoms with E-state index in [1.54, 1.807) is 19.1 Å². The summed E-state index contributed by atoms with van der Waals surface area (Å²) in [4.78, 5) is 15.8. The summed E-state index contributed by atoms with van der Waals surface area (Å²) in [5.74, 6) is -0.107. The number of carbonyl (C=O) groups is 1. The van der Waals surface area contributed by atoms with Crippen molar-refractivity contribution in [1.29, 1.82) is 0 Å². The van der Waals surface area contributed by atoms with Crippen LogP contribution in [0, 0.1) is 6.92 Å². The standard InChI is InChI=1S/C11H13ClN2O2/c1-7-8(4-5-10(12)13-7)14-11(15)9-3-2-6-16-9/h4-5,9H,2-3,6H2,1H3,(H,14,15). The van der Waals surface area contributed by atoms with Crippen LogP contribution in [0.25, 0.3) is 0 Å². The second-order valence-electron chi connectivity index (χ2n) is 3.76. The van der Waals surface area contributed by atoms with Crippen molar-refractivity contribution >= 4 is 23.2 Å². The fourth-order valence-corrected chi connectivity index (χ4v) is 1.85. The Bertz CT molecular complexity index is 403. The number of rotatable bonds is 2. The van der Waals surface area contributed by atoms with Gasteiger partial charge in [0, 0.05) is 6.61 Å². The van der Waals surface area contributed by atoms with Gasteiger partial charge >= 0.3 is 0 Å². The molecule has 5 heteroatoms. The first-order valence-corrected chi connectivity index (χ1v) is 5.60. The number of amides is 1. The molecule has 2 heterocycles. The molecule has 1 fully saturated rings. The Morgan fingerprint density at radius 2 is 2.44 bits per heavy atom. The minimum atomic E-state index is -0.324. The fourth-order valence-electron chi connectivity index (χ4n) is 1.66. The smallest absolute Gasteiger partial charge is 0.253 e. The maximum atomic E-state index is 11.8. The molecule has 1 saturated heterocycles. The van der Waals surface area contributed by atoms with Gasteiger partial charge in [-0.15, -0.1) is 0 Å². The summed E-state index contributed by atoms with van der Waals surface area (Å²) in [7, 11) is 0. The first-order valence-electron chi connectivity index (χ1n) is 5.22. The molecule has 0 aliphatic carbocycles. The quantitative estimate of drug-likeness (QED) is 0.806. The van der Waals surface area contributed by atoms with E-state index >= 15 is 0 Å². The largest absolute Gasteiger partial charge is 0.368 e. The molecular weight excluding hydrogens is 228 g/mol. The summed E-state index contributed by atoms with van der Waals surface area (Å²) in [6.45, 7) is 2.47. The molecule has 0 saturated carbocycles. The number of hydrogen-bond donors (Lipinski definition) is 1. The van der Waals surface area contributed by atoms with Crippen molar-refractivity contribution in [3.05, 3.63) is 23.0 Å². The van der Waals surface area contributed by atoms with E-state index in [0.717, 1.165) is 12.8 Å². The van der Waals surface area contributed by atoms with Crippen LogP contribution in [0.2, 0.25) is 5.15 Å². The average molecular weight is 241 g/mol. The normalized spacial score (nSPS) is 19.8. The Morgan fingerprint density at radius 3 is 3.06 bits per heavy atom. The van der Waals surface area contributed by atoms with Gasteiger partial charge in [0.25, 0.3) is 5.91 Å². The Balaban J connectivity index is 2.05. The number of pyridine rings is 1. The number of anilines is 1. The number of halogens is 1. The molecule has 86 valence electrons. The number of aromatic nitrogens is 1. The zero-order valence-corrected chi connectivity index (χ0v) is 9.75. The van der Waals surface area contributed by atoms with E-state index in [0.29, 0.717) is 23.1 Å². The molecule has 1 N–H and O–H groups in total. The number of hydrogen-bond acceptors (Lipinski definition) is 3. The lowest BCUT2D eigenvalue weighted by Crippen LogP contribution is -2.27. The highest BCUT2D eigenvalue weighted by atomic mass is 35.5. The van der Waals surface area contributed by atoms with Gasteiger partial charge in [-0.05, 0) is 31.9 Å². The summed E-state index contributed by atoms with van der Waals surface area (Å²) in [6.07, 6.45) is 1.40. The second-order valence-corrected chi connectivity index (χ2v) is 4.15. The minimum absolute atomic E-state index is 0.107. The van der Waals surface area contributed by atoms with Gasteiger partial charge < -0.3 is 10.1 Å². The van der Waals surface area contributed by atoms with Crippen LogP contribution < -0.4 is 5.32 Å². The number of ether oxygens (including phenoxy) is 1. The van der Waals surface area contributed by atoms with E-state index in [4.69, 9.17) is 16.3 Å². The number of carbonyl (C=O) groups excluding carboxylic acids is 1. The molecule has 0 radical (unpaired) electrons. The fraction of sp³-hybridized carbons (Fsp3) is 0.455. The molecule has 1 atom stereocenters. The summed E-state index contributed by atoms with van der Waals surface area (Å²) < 4.78 is 5.29. The predicted octanol–water partition coefficient (Wildman–Crippen LogP) is 2.16. The van der Waals surface area contributed by atoms with Gasteiger partial charge in [0.2, 0.25) is 0 Å². The molecule has 1 unspecified atom stereocenters. The molecular formula is C11H13ClN2O2. The lowest BCUT2D eigenvalue weighted by Gasteiger charge is -2.11. The number of aryl methyl sites for hydroxylation is 1. The van der Waals surface area contributed by atoms with Crippen LogP contribution in [0.15, 0.2) is 12.1 Å². The second kappa shape index (κ2) is 4.80. The van der Waals surface area contributed by atoms with Crippen LogP contribution in [-0.4, -0.2) is 23.6 Å². The molecule has 2 rings (SSSR count). The average Bonchev–Trinajstić information content (AvgIpc) is 2.75. The van der Waals surface area contributed by atoms with E-state index in [1.165, 1.54) is 0 Å². The molecule has 4 nitrogen and oxygen atoms in total. The van der Waals surface area contributed by atoms with Gasteiger partial charge in [-0.25, -0.2) is 4.98 Å². The summed E-state index contributed by atoms with van der Waals surface area (Å²) in [5, 5.41) is 3.22. The first kappa shape index (κ1) is 11.4. The van der Waals surface area contributed by atoms with Gasteiger partial charge in [0.15, 0.2) is 0 Å². The first-order chi connectivity index (χ1) is 7.66. The van der Waals surface area contributed by atoms with Crippen molar-refractivity contribution in [1.82, 2.24) is 4.98 Å². The topological polar surface area (TPSA) is 51.2 Å². The highest BCUT2D eigenvalue weighted by Gasteiger charge is 2.23. The number of nitrogens with one attached hydrogen (secondary N) is 1. The predicted molar refractivity (Wildman–Crippen MR) is 61.6 cm³/mol. The summed E-state index contributed by atoms with van der Waals surface area (Å²) >= 11 is 5.73. The van der Waals surface area contributed by atoms with Gasteiger partial charge in [0.1, 0.15) is 11.3 Å². The third-order valence-electron chi connectivity index (χ3n) is 2.53. The Hall–Kier alpha value is -1.13. The van der Waals surface area contributed by atoms with Gasteiger partial charge in [0.05, 0.1) is 11.4 Å². The summed E-state index contributed by atoms with van der Waals surface area (Å²) in [6, 6.07) is 3.40. The Labute approximate surface area is 99.0 Å². The van der Waals surface area contributed by atoms with Gasteiger partial charge in [-0.2, -0.15) is 0 Å². The zero-order valence-electron chi connectivity index (χ0n) is 9.00. The van der Waals surface area contributed by atoms with Crippen molar-refractivity contribution in [3.8, 4) is 0 Å². The molecule has 0 bridgehead atoms. The molecule has 0 aromatic carbocycles.